The molecular weight excluding hydrogens is 344 g/mol. The van der Waals surface area contributed by atoms with Crippen LogP contribution in [0.15, 0.2) is 40.4 Å². The number of carbonyl (C=O) groups excluding carboxylic acids is 1. The molecule has 1 amide bonds. The van der Waals surface area contributed by atoms with Gasteiger partial charge in [-0.05, 0) is 36.3 Å². The van der Waals surface area contributed by atoms with Crippen molar-refractivity contribution >= 4 is 22.8 Å². The summed E-state index contributed by atoms with van der Waals surface area (Å²) in [4.78, 5) is 21.6. The first-order valence-corrected chi connectivity index (χ1v) is 10.3. The third kappa shape index (κ3) is 3.96. The molecule has 6 heteroatoms. The summed E-state index contributed by atoms with van der Waals surface area (Å²) in [6, 6.07) is 8.82. The van der Waals surface area contributed by atoms with Gasteiger partial charge >= 0.3 is 0 Å². The molecule has 5 nitrogen and oxygen atoms in total. The van der Waals surface area contributed by atoms with E-state index in [4.69, 9.17) is 0 Å². The highest BCUT2D eigenvalue weighted by atomic mass is 32.2. The van der Waals surface area contributed by atoms with Gasteiger partial charge in [0.1, 0.15) is 0 Å². The van der Waals surface area contributed by atoms with Gasteiger partial charge in [0.25, 0.3) is 0 Å². The zero-order chi connectivity index (χ0) is 17.9. The molecule has 0 saturated carbocycles. The van der Waals surface area contributed by atoms with Gasteiger partial charge in [0.05, 0.1) is 6.42 Å². The zero-order valence-corrected chi connectivity index (χ0v) is 16.1. The molecule has 0 radical (unpaired) electrons. The number of nitrogens with one attached hydrogen (secondary N) is 1. The van der Waals surface area contributed by atoms with Crippen molar-refractivity contribution in [1.82, 2.24) is 15.1 Å². The van der Waals surface area contributed by atoms with Crippen LogP contribution in [0.2, 0.25) is 0 Å². The van der Waals surface area contributed by atoms with Crippen molar-refractivity contribution in [2.24, 2.45) is 4.99 Å². The van der Waals surface area contributed by atoms with Gasteiger partial charge in [-0.25, -0.2) is 0 Å². The Bertz CT molecular complexity index is 745. The van der Waals surface area contributed by atoms with E-state index in [1.165, 1.54) is 11.1 Å². The molecule has 3 aliphatic heterocycles. The van der Waals surface area contributed by atoms with Gasteiger partial charge in [0.15, 0.2) is 5.17 Å². The molecule has 138 valence electrons. The first-order chi connectivity index (χ1) is 12.7. The van der Waals surface area contributed by atoms with E-state index in [2.05, 4.69) is 56.7 Å². The van der Waals surface area contributed by atoms with E-state index in [1.54, 1.807) is 11.8 Å². The second-order valence-electron chi connectivity index (χ2n) is 7.30. The maximum absolute atomic E-state index is 12.5. The second-order valence-corrected chi connectivity index (χ2v) is 8.13. The van der Waals surface area contributed by atoms with Crippen LogP contribution in [0.1, 0.15) is 30.9 Å². The molecule has 1 unspecified atom stereocenters. The summed E-state index contributed by atoms with van der Waals surface area (Å²) in [6.07, 6.45) is 2.60. The fraction of sp³-hybridized carbons (Fsp3) is 0.500. The lowest BCUT2D eigenvalue weighted by Gasteiger charge is -2.31. The largest absolute Gasteiger partial charge is 0.352 e. The summed E-state index contributed by atoms with van der Waals surface area (Å²) >= 11 is 1.64. The molecule has 0 aliphatic carbocycles. The SMILES string of the molecule is CC(CN1CCc2ccccc2C1)NC(=O)CC1=CSC2=NCCCN12. The summed E-state index contributed by atoms with van der Waals surface area (Å²) in [6.45, 7) is 6.92. The van der Waals surface area contributed by atoms with Crippen LogP contribution >= 0.6 is 11.8 Å². The molecular formula is C20H26N4OS. The van der Waals surface area contributed by atoms with Crippen molar-refractivity contribution in [3.8, 4) is 0 Å². The Morgan fingerprint density at radius 2 is 2.15 bits per heavy atom. The maximum Gasteiger partial charge on any atom is 0.226 e. The number of aliphatic imine (C=N–C) groups is 1. The van der Waals surface area contributed by atoms with Gasteiger partial charge in [-0.1, -0.05) is 36.0 Å². The van der Waals surface area contributed by atoms with Crippen molar-refractivity contribution in [3.05, 3.63) is 46.5 Å². The van der Waals surface area contributed by atoms with Gasteiger partial charge in [-0.15, -0.1) is 0 Å². The van der Waals surface area contributed by atoms with Crippen molar-refractivity contribution in [3.63, 3.8) is 0 Å². The Kier molecular flexibility index (Phi) is 5.31. The van der Waals surface area contributed by atoms with Gasteiger partial charge in [0, 0.05) is 44.5 Å². The minimum Gasteiger partial charge on any atom is -0.352 e. The smallest absolute Gasteiger partial charge is 0.226 e. The first kappa shape index (κ1) is 17.6. The standard InChI is InChI=1S/C20H26N4OS/c1-15(12-23-10-7-16-5-2-3-6-17(16)13-23)22-19(25)11-18-14-26-20-21-8-4-9-24(18)20/h2-3,5-6,14-15H,4,7-13H2,1H3,(H,22,25). The number of amidine groups is 1. The summed E-state index contributed by atoms with van der Waals surface area (Å²) in [5.74, 6) is 0.105. The molecule has 3 heterocycles. The highest BCUT2D eigenvalue weighted by Crippen LogP contribution is 2.30. The third-order valence-corrected chi connectivity index (χ3v) is 6.11. The summed E-state index contributed by atoms with van der Waals surface area (Å²) < 4.78 is 0. The highest BCUT2D eigenvalue weighted by molar-refractivity contribution is 8.16. The van der Waals surface area contributed by atoms with Crippen LogP contribution in [0.25, 0.3) is 0 Å². The molecule has 0 spiro atoms. The van der Waals surface area contributed by atoms with E-state index >= 15 is 0 Å². The van der Waals surface area contributed by atoms with Crippen LogP contribution in [-0.4, -0.2) is 53.1 Å². The number of rotatable bonds is 5. The monoisotopic (exact) mass is 370 g/mol. The van der Waals surface area contributed by atoms with Crippen LogP contribution in [0.5, 0.6) is 0 Å². The lowest BCUT2D eigenvalue weighted by Crippen LogP contribution is -2.44. The molecule has 3 aliphatic rings. The van der Waals surface area contributed by atoms with E-state index in [9.17, 15) is 4.79 Å². The van der Waals surface area contributed by atoms with Crippen LogP contribution in [0, 0.1) is 0 Å². The lowest BCUT2D eigenvalue weighted by molar-refractivity contribution is -0.121. The van der Waals surface area contributed by atoms with Crippen LogP contribution in [-0.2, 0) is 17.8 Å². The van der Waals surface area contributed by atoms with Gasteiger partial charge < -0.3 is 10.2 Å². The van der Waals surface area contributed by atoms with E-state index in [-0.39, 0.29) is 11.9 Å². The molecule has 1 aromatic rings. The quantitative estimate of drug-likeness (QED) is 0.866. The van der Waals surface area contributed by atoms with Crippen LogP contribution in [0.4, 0.5) is 0 Å². The topological polar surface area (TPSA) is 47.9 Å². The van der Waals surface area contributed by atoms with Crippen LogP contribution < -0.4 is 5.32 Å². The first-order valence-electron chi connectivity index (χ1n) is 9.45. The average molecular weight is 371 g/mol. The lowest BCUT2D eigenvalue weighted by atomic mass is 10.00. The minimum atomic E-state index is 0.105. The Labute approximate surface area is 159 Å². The molecule has 0 bridgehead atoms. The minimum absolute atomic E-state index is 0.105. The molecule has 0 fully saturated rings. The number of amides is 1. The molecule has 26 heavy (non-hydrogen) atoms. The Balaban J connectivity index is 1.26. The number of hydrogen-bond donors (Lipinski definition) is 1. The Hall–Kier alpha value is -1.79. The van der Waals surface area contributed by atoms with E-state index in [0.29, 0.717) is 6.42 Å². The van der Waals surface area contributed by atoms with Gasteiger partial charge in [-0.3, -0.25) is 14.7 Å². The van der Waals surface area contributed by atoms with Gasteiger partial charge in [-0.2, -0.15) is 0 Å². The number of thioether (sulfide) groups is 1. The number of benzene rings is 1. The predicted molar refractivity (Wildman–Crippen MR) is 107 cm³/mol. The summed E-state index contributed by atoms with van der Waals surface area (Å²) in [5.41, 5.74) is 3.97. The fourth-order valence-electron chi connectivity index (χ4n) is 3.91. The number of nitrogens with zero attached hydrogens (tertiary/aromatic N) is 3. The number of fused-ring (bicyclic) bond motifs is 2. The third-order valence-electron chi connectivity index (χ3n) is 5.16. The molecule has 0 saturated heterocycles. The highest BCUT2D eigenvalue weighted by Gasteiger charge is 2.26. The summed E-state index contributed by atoms with van der Waals surface area (Å²) in [5, 5.41) is 6.31. The van der Waals surface area contributed by atoms with Crippen molar-refractivity contribution in [2.45, 2.75) is 38.8 Å². The molecule has 4 rings (SSSR count). The van der Waals surface area contributed by atoms with Crippen molar-refractivity contribution < 1.29 is 4.79 Å². The average Bonchev–Trinajstić information content (AvgIpc) is 3.04. The molecule has 1 aromatic carbocycles. The number of carbonyl (C=O) groups is 1. The molecule has 1 atom stereocenters. The predicted octanol–water partition coefficient (Wildman–Crippen LogP) is 2.59. The van der Waals surface area contributed by atoms with Crippen LogP contribution in [0.3, 0.4) is 0 Å². The van der Waals surface area contributed by atoms with Crippen molar-refractivity contribution in [2.75, 3.05) is 26.2 Å². The summed E-state index contributed by atoms with van der Waals surface area (Å²) in [7, 11) is 0. The van der Waals surface area contributed by atoms with Gasteiger partial charge in [0.2, 0.25) is 5.91 Å². The van der Waals surface area contributed by atoms with E-state index in [1.807, 2.05) is 0 Å². The normalized spacial score (nSPS) is 20.7. The zero-order valence-electron chi connectivity index (χ0n) is 15.3. The second kappa shape index (κ2) is 7.84. The molecule has 0 aromatic heterocycles. The Morgan fingerprint density at radius 3 is 3.04 bits per heavy atom. The fourth-order valence-corrected chi connectivity index (χ4v) is 4.86. The van der Waals surface area contributed by atoms with Crippen molar-refractivity contribution in [1.29, 1.82) is 0 Å². The maximum atomic E-state index is 12.5. The Morgan fingerprint density at radius 1 is 1.31 bits per heavy atom. The van der Waals surface area contributed by atoms with E-state index in [0.717, 1.165) is 56.4 Å². The van der Waals surface area contributed by atoms with E-state index < -0.39 is 0 Å². The molecule has 1 N–H and O–H groups in total. The number of hydrogen-bond acceptors (Lipinski definition) is 5.